The van der Waals surface area contributed by atoms with E-state index in [2.05, 4.69) is 21.5 Å². The lowest BCUT2D eigenvalue weighted by molar-refractivity contribution is 0.851. The van der Waals surface area contributed by atoms with E-state index in [1.54, 1.807) is 7.05 Å². The van der Waals surface area contributed by atoms with Gasteiger partial charge in [-0.1, -0.05) is 29.7 Å². The molecule has 0 aliphatic carbocycles. The average Bonchev–Trinajstić information content (AvgIpc) is 2.29. The fourth-order valence-corrected chi connectivity index (χ4v) is 1.40. The third kappa shape index (κ3) is 4.24. The molecule has 0 amide bonds. The average molecular weight is 236 g/mol. The van der Waals surface area contributed by atoms with Crippen molar-refractivity contribution in [1.29, 1.82) is 0 Å². The fraction of sp³-hybridized carbons (Fsp3) is 0.250. The summed E-state index contributed by atoms with van der Waals surface area (Å²) in [6, 6.07) is 7.66. The molecule has 0 unspecified atom stereocenters. The Bertz CT molecular complexity index is 407. The molecule has 0 aliphatic rings. The number of guanidine groups is 1. The van der Waals surface area contributed by atoms with E-state index >= 15 is 0 Å². The molecule has 1 aromatic carbocycles. The number of nitrogens with zero attached hydrogens (tertiary/aromatic N) is 1. The zero-order valence-corrected chi connectivity index (χ0v) is 9.88. The van der Waals surface area contributed by atoms with E-state index in [-0.39, 0.29) is 0 Å². The van der Waals surface area contributed by atoms with Crippen LogP contribution in [0.3, 0.4) is 0 Å². The van der Waals surface area contributed by atoms with E-state index in [1.807, 2.05) is 24.3 Å². The minimum Gasteiger partial charge on any atom is -0.352 e. The van der Waals surface area contributed by atoms with Gasteiger partial charge in [0.25, 0.3) is 0 Å². The van der Waals surface area contributed by atoms with E-state index in [4.69, 9.17) is 18.0 Å². The molecule has 0 spiro atoms. The molecule has 4 heteroatoms. The normalized spacial score (nSPS) is 10.7. The predicted molar refractivity (Wildman–Crippen MR) is 68.5 cm³/mol. The Kier molecular flexibility index (Phi) is 5.24. The highest BCUT2D eigenvalue weighted by molar-refractivity contribution is 6.30. The van der Waals surface area contributed by atoms with Crippen LogP contribution >= 0.6 is 11.6 Å². The minimum atomic E-state index is 0.454. The molecule has 2 N–H and O–H groups in total. The number of terminal acetylenes is 1. The zero-order chi connectivity index (χ0) is 11.8. The summed E-state index contributed by atoms with van der Waals surface area (Å²) in [5, 5.41) is 6.83. The van der Waals surface area contributed by atoms with Crippen LogP contribution in [0.2, 0.25) is 5.02 Å². The van der Waals surface area contributed by atoms with Crippen molar-refractivity contribution in [2.75, 3.05) is 13.6 Å². The number of hydrogen-bond donors (Lipinski definition) is 2. The molecular weight excluding hydrogens is 222 g/mol. The van der Waals surface area contributed by atoms with E-state index in [0.29, 0.717) is 19.0 Å². The van der Waals surface area contributed by atoms with Gasteiger partial charge in [0.2, 0.25) is 0 Å². The monoisotopic (exact) mass is 235 g/mol. The van der Waals surface area contributed by atoms with Crippen LogP contribution in [0.5, 0.6) is 0 Å². The summed E-state index contributed by atoms with van der Waals surface area (Å²) >= 11 is 5.88. The van der Waals surface area contributed by atoms with Crippen LogP contribution in [-0.4, -0.2) is 19.6 Å². The highest BCUT2D eigenvalue weighted by Gasteiger charge is 1.97. The van der Waals surface area contributed by atoms with E-state index in [9.17, 15) is 0 Å². The minimum absolute atomic E-state index is 0.454. The van der Waals surface area contributed by atoms with Gasteiger partial charge in [0.05, 0.1) is 6.54 Å². The molecule has 0 atom stereocenters. The zero-order valence-electron chi connectivity index (χ0n) is 9.13. The van der Waals surface area contributed by atoms with Gasteiger partial charge in [0.1, 0.15) is 0 Å². The lowest BCUT2D eigenvalue weighted by atomic mass is 10.2. The predicted octanol–water partition coefficient (Wildman–Crippen LogP) is 1.64. The Morgan fingerprint density at radius 2 is 2.31 bits per heavy atom. The summed E-state index contributed by atoms with van der Waals surface area (Å²) in [4.78, 5) is 4.03. The first-order valence-corrected chi connectivity index (χ1v) is 5.26. The third-order valence-electron chi connectivity index (χ3n) is 1.93. The van der Waals surface area contributed by atoms with E-state index < -0.39 is 0 Å². The second kappa shape index (κ2) is 6.76. The van der Waals surface area contributed by atoms with Gasteiger partial charge in [-0.15, -0.1) is 6.42 Å². The molecule has 1 rings (SSSR count). The Morgan fingerprint density at radius 1 is 1.50 bits per heavy atom. The van der Waals surface area contributed by atoms with Crippen LogP contribution < -0.4 is 10.6 Å². The summed E-state index contributed by atoms with van der Waals surface area (Å²) in [7, 11) is 1.70. The molecule has 0 aromatic heterocycles. The lowest BCUT2D eigenvalue weighted by Gasteiger charge is -2.09. The van der Waals surface area contributed by atoms with Crippen LogP contribution in [0.15, 0.2) is 29.3 Å². The molecule has 0 saturated heterocycles. The van der Waals surface area contributed by atoms with Crippen LogP contribution in [0.25, 0.3) is 0 Å². The van der Waals surface area contributed by atoms with E-state index in [1.165, 1.54) is 0 Å². The maximum atomic E-state index is 5.88. The summed E-state index contributed by atoms with van der Waals surface area (Å²) in [5.74, 6) is 3.17. The van der Waals surface area contributed by atoms with Crippen molar-refractivity contribution in [2.45, 2.75) is 6.54 Å². The van der Waals surface area contributed by atoms with Gasteiger partial charge in [-0.05, 0) is 17.7 Å². The van der Waals surface area contributed by atoms with Crippen LogP contribution in [0.1, 0.15) is 5.56 Å². The molecule has 0 fully saturated rings. The second-order valence-corrected chi connectivity index (χ2v) is 3.55. The third-order valence-corrected chi connectivity index (χ3v) is 2.17. The highest BCUT2D eigenvalue weighted by atomic mass is 35.5. The number of benzene rings is 1. The first-order chi connectivity index (χ1) is 7.76. The summed E-state index contributed by atoms with van der Waals surface area (Å²) in [6.07, 6.45) is 5.15. The Labute approximate surface area is 101 Å². The fourth-order valence-electron chi connectivity index (χ4n) is 1.19. The summed E-state index contributed by atoms with van der Waals surface area (Å²) in [5.41, 5.74) is 1.09. The number of halogens is 1. The van der Waals surface area contributed by atoms with Crippen molar-refractivity contribution in [2.24, 2.45) is 4.99 Å². The molecule has 0 radical (unpaired) electrons. The SMILES string of the molecule is C#CCNC(=NC)NCc1cccc(Cl)c1. The van der Waals surface area contributed by atoms with Gasteiger partial charge in [0.15, 0.2) is 5.96 Å². The molecule has 1 aromatic rings. The van der Waals surface area contributed by atoms with Crippen molar-refractivity contribution in [3.05, 3.63) is 34.9 Å². The maximum absolute atomic E-state index is 5.88. The lowest BCUT2D eigenvalue weighted by Crippen LogP contribution is -2.36. The van der Waals surface area contributed by atoms with Crippen molar-refractivity contribution in [3.8, 4) is 12.3 Å². The molecular formula is C12H14ClN3. The summed E-state index contributed by atoms with van der Waals surface area (Å²) < 4.78 is 0. The Morgan fingerprint density at radius 3 is 2.94 bits per heavy atom. The van der Waals surface area contributed by atoms with Crippen molar-refractivity contribution in [1.82, 2.24) is 10.6 Å². The van der Waals surface area contributed by atoms with Crippen molar-refractivity contribution < 1.29 is 0 Å². The van der Waals surface area contributed by atoms with Crippen LogP contribution in [0.4, 0.5) is 0 Å². The molecule has 0 aliphatic heterocycles. The quantitative estimate of drug-likeness (QED) is 0.475. The first-order valence-electron chi connectivity index (χ1n) is 4.88. The molecule has 0 bridgehead atoms. The maximum Gasteiger partial charge on any atom is 0.192 e. The van der Waals surface area contributed by atoms with Crippen molar-refractivity contribution in [3.63, 3.8) is 0 Å². The van der Waals surface area contributed by atoms with Gasteiger partial charge in [-0.25, -0.2) is 0 Å². The molecule has 84 valence electrons. The Hall–Kier alpha value is -1.66. The largest absolute Gasteiger partial charge is 0.352 e. The smallest absolute Gasteiger partial charge is 0.192 e. The van der Waals surface area contributed by atoms with Crippen molar-refractivity contribution >= 4 is 17.6 Å². The standard InChI is InChI=1S/C12H14ClN3/c1-3-7-15-12(14-2)16-9-10-5-4-6-11(13)8-10/h1,4-6,8H,7,9H2,2H3,(H2,14,15,16). The second-order valence-electron chi connectivity index (χ2n) is 3.11. The van der Waals surface area contributed by atoms with Crippen LogP contribution in [-0.2, 0) is 6.54 Å². The molecule has 0 heterocycles. The topological polar surface area (TPSA) is 36.4 Å². The van der Waals surface area contributed by atoms with E-state index in [0.717, 1.165) is 10.6 Å². The molecule has 0 saturated carbocycles. The number of hydrogen-bond acceptors (Lipinski definition) is 1. The molecule has 16 heavy (non-hydrogen) atoms. The summed E-state index contributed by atoms with van der Waals surface area (Å²) in [6.45, 7) is 1.11. The van der Waals surface area contributed by atoms with Gasteiger partial charge in [0, 0.05) is 18.6 Å². The van der Waals surface area contributed by atoms with Gasteiger partial charge in [-0.3, -0.25) is 4.99 Å². The number of nitrogens with one attached hydrogen (secondary N) is 2. The molecule has 3 nitrogen and oxygen atoms in total. The Balaban J connectivity index is 2.47. The number of rotatable bonds is 3. The van der Waals surface area contributed by atoms with Crippen LogP contribution in [0, 0.1) is 12.3 Å². The number of aliphatic imine (C=N–C) groups is 1. The van der Waals surface area contributed by atoms with Gasteiger partial charge < -0.3 is 10.6 Å². The van der Waals surface area contributed by atoms with Gasteiger partial charge >= 0.3 is 0 Å². The van der Waals surface area contributed by atoms with Gasteiger partial charge in [-0.2, -0.15) is 0 Å². The first kappa shape index (κ1) is 12.4. The highest BCUT2D eigenvalue weighted by Crippen LogP contribution is 2.09.